The second kappa shape index (κ2) is 13.7. The minimum atomic E-state index is -4.67. The maximum absolute atomic E-state index is 13.4. The zero-order chi connectivity index (χ0) is 31.1. The molecule has 43 heavy (non-hydrogen) atoms. The number of pyridine rings is 2. The van der Waals surface area contributed by atoms with Crippen LogP contribution < -0.4 is 25.4 Å². The number of nitrogens with one attached hydrogen (secondary N) is 1. The molecule has 1 aromatic carbocycles. The van der Waals surface area contributed by atoms with Gasteiger partial charge in [0.1, 0.15) is 11.3 Å². The van der Waals surface area contributed by atoms with Crippen LogP contribution in [-0.2, 0) is 6.18 Å². The first-order chi connectivity index (χ1) is 20.6. The highest BCUT2D eigenvalue weighted by atomic mass is 19.4. The van der Waals surface area contributed by atoms with E-state index in [4.69, 9.17) is 15.2 Å². The van der Waals surface area contributed by atoms with E-state index < -0.39 is 17.8 Å². The fraction of sp³-hybridized carbons (Fsp3) is 0.400. The van der Waals surface area contributed by atoms with Gasteiger partial charge in [0.25, 0.3) is 11.8 Å². The molecule has 3 heterocycles. The summed E-state index contributed by atoms with van der Waals surface area (Å²) >= 11 is 0. The van der Waals surface area contributed by atoms with Crippen LogP contribution in [0.4, 0.5) is 18.9 Å². The van der Waals surface area contributed by atoms with E-state index in [2.05, 4.69) is 20.2 Å². The SMILES string of the molecule is CCOc1ncccc1-c1ccc(N2CCN(C(=O)c3ccc(C(F)(F)F)nc3OC)C[C@H]2CC)c(C(=O)NCCN)c1. The van der Waals surface area contributed by atoms with Crippen molar-refractivity contribution in [1.82, 2.24) is 20.2 Å². The van der Waals surface area contributed by atoms with E-state index in [0.717, 1.165) is 23.3 Å². The number of piperazine rings is 1. The molecular formula is C30H35F3N6O4. The van der Waals surface area contributed by atoms with Crippen LogP contribution in [0.3, 0.4) is 0 Å². The summed E-state index contributed by atoms with van der Waals surface area (Å²) in [6.07, 6.45) is -2.39. The molecule has 2 aromatic heterocycles. The first-order valence-electron chi connectivity index (χ1n) is 14.0. The van der Waals surface area contributed by atoms with Gasteiger partial charge >= 0.3 is 6.18 Å². The molecule has 0 radical (unpaired) electrons. The van der Waals surface area contributed by atoms with E-state index in [-0.39, 0.29) is 43.0 Å². The smallest absolute Gasteiger partial charge is 0.433 e. The molecule has 13 heteroatoms. The number of hydrogen-bond donors (Lipinski definition) is 2. The molecular weight excluding hydrogens is 565 g/mol. The van der Waals surface area contributed by atoms with Crippen molar-refractivity contribution in [3.63, 3.8) is 0 Å². The summed E-state index contributed by atoms with van der Waals surface area (Å²) in [6, 6.07) is 10.9. The Kier molecular flexibility index (Phi) is 10.1. The quantitative estimate of drug-likeness (QED) is 0.358. The average molecular weight is 601 g/mol. The van der Waals surface area contributed by atoms with Crippen LogP contribution in [0.15, 0.2) is 48.7 Å². The number of carbonyl (C=O) groups excluding carboxylic acids is 2. The zero-order valence-corrected chi connectivity index (χ0v) is 24.3. The van der Waals surface area contributed by atoms with Crippen molar-refractivity contribution in [3.8, 4) is 22.9 Å². The van der Waals surface area contributed by atoms with Crippen molar-refractivity contribution in [1.29, 1.82) is 0 Å². The summed E-state index contributed by atoms with van der Waals surface area (Å²) in [5.41, 5.74) is 7.07. The second-order valence-electron chi connectivity index (χ2n) is 9.82. The molecule has 2 amide bonds. The molecule has 1 saturated heterocycles. The second-order valence-corrected chi connectivity index (χ2v) is 9.82. The Morgan fingerprint density at radius 2 is 1.88 bits per heavy atom. The van der Waals surface area contributed by atoms with Crippen LogP contribution in [0.5, 0.6) is 11.8 Å². The highest BCUT2D eigenvalue weighted by molar-refractivity contribution is 6.01. The van der Waals surface area contributed by atoms with Gasteiger partial charge in [-0.05, 0) is 55.3 Å². The molecule has 1 fully saturated rings. The summed E-state index contributed by atoms with van der Waals surface area (Å²) in [5, 5.41) is 2.85. The molecule has 3 N–H and O–H groups in total. The lowest BCUT2D eigenvalue weighted by Gasteiger charge is -2.43. The number of methoxy groups -OCH3 is 1. The lowest BCUT2D eigenvalue weighted by Crippen LogP contribution is -2.55. The Morgan fingerprint density at radius 3 is 2.56 bits per heavy atom. The molecule has 0 spiro atoms. The van der Waals surface area contributed by atoms with Gasteiger partial charge in [-0.2, -0.15) is 13.2 Å². The Bertz CT molecular complexity index is 1450. The Labute approximate surface area is 248 Å². The molecule has 230 valence electrons. The zero-order valence-electron chi connectivity index (χ0n) is 24.3. The number of alkyl halides is 3. The first kappa shape index (κ1) is 31.5. The van der Waals surface area contributed by atoms with Crippen LogP contribution in [0.2, 0.25) is 0 Å². The number of carbonyl (C=O) groups is 2. The summed E-state index contributed by atoms with van der Waals surface area (Å²) in [6.45, 7) is 5.77. The highest BCUT2D eigenvalue weighted by Gasteiger charge is 2.36. The van der Waals surface area contributed by atoms with Crippen molar-refractivity contribution in [2.45, 2.75) is 32.5 Å². The Hall–Kier alpha value is -4.39. The third-order valence-corrected chi connectivity index (χ3v) is 7.16. The van der Waals surface area contributed by atoms with E-state index >= 15 is 0 Å². The molecule has 1 atom stereocenters. The van der Waals surface area contributed by atoms with Gasteiger partial charge in [-0.1, -0.05) is 13.0 Å². The highest BCUT2D eigenvalue weighted by Crippen LogP contribution is 2.35. The van der Waals surface area contributed by atoms with Gasteiger partial charge < -0.3 is 30.3 Å². The van der Waals surface area contributed by atoms with Crippen LogP contribution in [0.25, 0.3) is 11.1 Å². The summed E-state index contributed by atoms with van der Waals surface area (Å²) in [4.78, 5) is 38.3. The minimum Gasteiger partial charge on any atom is -0.480 e. The summed E-state index contributed by atoms with van der Waals surface area (Å²) in [5.74, 6) is -0.699. The number of ether oxygens (including phenoxy) is 2. The largest absolute Gasteiger partial charge is 0.480 e. The van der Waals surface area contributed by atoms with Crippen molar-refractivity contribution in [2.24, 2.45) is 5.73 Å². The van der Waals surface area contributed by atoms with E-state index in [1.165, 1.54) is 7.11 Å². The van der Waals surface area contributed by atoms with E-state index in [1.54, 1.807) is 23.2 Å². The van der Waals surface area contributed by atoms with Gasteiger partial charge in [-0.25, -0.2) is 9.97 Å². The number of rotatable bonds is 10. The minimum absolute atomic E-state index is 0.0495. The van der Waals surface area contributed by atoms with Crippen LogP contribution in [-0.4, -0.2) is 79.2 Å². The van der Waals surface area contributed by atoms with Crippen molar-refractivity contribution in [2.75, 3.05) is 51.3 Å². The van der Waals surface area contributed by atoms with Crippen LogP contribution in [0, 0.1) is 0 Å². The lowest BCUT2D eigenvalue weighted by molar-refractivity contribution is -0.141. The standard InChI is InChI=1S/C30H35F3N6O4/c1-4-20-18-38(29(41)22-9-11-25(30(31,32)33)37-28(22)42-3)15-16-39(20)24-10-8-19(17-23(24)26(40)35-14-12-34)21-7-6-13-36-27(21)43-5-2/h6-11,13,17,20H,4-5,12,14-16,18,34H2,1-3H3,(H,35,40)/t20-/m1/s1. The number of anilines is 1. The number of benzene rings is 1. The molecule has 10 nitrogen and oxygen atoms in total. The number of aromatic nitrogens is 2. The molecule has 0 saturated carbocycles. The molecule has 4 rings (SSSR count). The van der Waals surface area contributed by atoms with E-state index in [0.29, 0.717) is 43.2 Å². The van der Waals surface area contributed by atoms with Gasteiger partial charge in [0.05, 0.1) is 19.3 Å². The number of amides is 2. The summed E-state index contributed by atoms with van der Waals surface area (Å²) in [7, 11) is 1.18. The monoisotopic (exact) mass is 600 g/mol. The Morgan fingerprint density at radius 1 is 1.09 bits per heavy atom. The third-order valence-electron chi connectivity index (χ3n) is 7.16. The van der Waals surface area contributed by atoms with Crippen LogP contribution >= 0.6 is 0 Å². The van der Waals surface area contributed by atoms with E-state index in [9.17, 15) is 22.8 Å². The van der Waals surface area contributed by atoms with Crippen molar-refractivity contribution < 1.29 is 32.2 Å². The first-order valence-corrected chi connectivity index (χ1v) is 14.0. The fourth-order valence-corrected chi connectivity index (χ4v) is 5.07. The molecule has 1 aliphatic rings. The molecule has 0 bridgehead atoms. The normalized spacial score (nSPS) is 15.3. The average Bonchev–Trinajstić information content (AvgIpc) is 3.02. The molecule has 0 unspecified atom stereocenters. The topological polar surface area (TPSA) is 123 Å². The lowest BCUT2D eigenvalue weighted by atomic mass is 9.99. The molecule has 0 aliphatic carbocycles. The fourth-order valence-electron chi connectivity index (χ4n) is 5.07. The number of nitrogens with zero attached hydrogens (tertiary/aromatic N) is 4. The number of halogens is 3. The van der Waals surface area contributed by atoms with Gasteiger partial charge in [-0.15, -0.1) is 0 Å². The number of nitrogens with two attached hydrogens (primary N) is 1. The van der Waals surface area contributed by atoms with Gasteiger partial charge in [-0.3, -0.25) is 9.59 Å². The Balaban J connectivity index is 1.65. The summed E-state index contributed by atoms with van der Waals surface area (Å²) < 4.78 is 50.2. The van der Waals surface area contributed by atoms with Gasteiger partial charge in [0.15, 0.2) is 0 Å². The van der Waals surface area contributed by atoms with Gasteiger partial charge in [0, 0.05) is 56.2 Å². The maximum atomic E-state index is 13.4. The maximum Gasteiger partial charge on any atom is 0.433 e. The van der Waals surface area contributed by atoms with Crippen LogP contribution in [0.1, 0.15) is 46.7 Å². The van der Waals surface area contributed by atoms with Crippen molar-refractivity contribution >= 4 is 17.5 Å². The predicted octanol–water partition coefficient (Wildman–Crippen LogP) is 4.00. The predicted molar refractivity (Wildman–Crippen MR) is 155 cm³/mol. The van der Waals surface area contributed by atoms with Gasteiger partial charge in [0.2, 0.25) is 11.8 Å². The molecule has 3 aromatic rings. The number of hydrogen-bond acceptors (Lipinski definition) is 8. The van der Waals surface area contributed by atoms with E-state index in [1.807, 2.05) is 32.0 Å². The molecule has 1 aliphatic heterocycles. The van der Waals surface area contributed by atoms with Crippen molar-refractivity contribution in [3.05, 3.63) is 65.5 Å². The third kappa shape index (κ3) is 6.99.